The lowest BCUT2D eigenvalue weighted by Gasteiger charge is -1.98. The standard InChI is InChI=1S/C9H12N2O3S/c1-3-7(12)10-4-8-11-6(5-15-8)9(13)14-2/h5H,3-4H2,1-2H3,(H,10,12). The summed E-state index contributed by atoms with van der Waals surface area (Å²) in [5, 5.41) is 4.98. The molecule has 0 spiro atoms. The molecule has 82 valence electrons. The fraction of sp³-hybridized carbons (Fsp3) is 0.444. The van der Waals surface area contributed by atoms with Crippen LogP contribution in [0.25, 0.3) is 0 Å². The Morgan fingerprint density at radius 3 is 2.93 bits per heavy atom. The van der Waals surface area contributed by atoms with Gasteiger partial charge in [-0.2, -0.15) is 0 Å². The summed E-state index contributed by atoms with van der Waals surface area (Å²) in [4.78, 5) is 26.0. The average molecular weight is 228 g/mol. The van der Waals surface area contributed by atoms with Gasteiger partial charge in [0, 0.05) is 11.8 Å². The Bertz CT molecular complexity index is 362. The Balaban J connectivity index is 2.53. The van der Waals surface area contributed by atoms with Crippen molar-refractivity contribution in [2.75, 3.05) is 7.11 Å². The second kappa shape index (κ2) is 5.45. The first-order valence-electron chi connectivity index (χ1n) is 4.46. The third kappa shape index (κ3) is 3.32. The van der Waals surface area contributed by atoms with Gasteiger partial charge in [0.1, 0.15) is 5.01 Å². The predicted octanol–water partition coefficient (Wildman–Crippen LogP) is 0.956. The summed E-state index contributed by atoms with van der Waals surface area (Å²) in [5.41, 5.74) is 0.281. The van der Waals surface area contributed by atoms with Gasteiger partial charge in [-0.15, -0.1) is 11.3 Å². The molecule has 1 rings (SSSR count). The number of methoxy groups -OCH3 is 1. The molecule has 0 aliphatic heterocycles. The number of esters is 1. The molecule has 15 heavy (non-hydrogen) atoms. The number of hydrogen-bond donors (Lipinski definition) is 1. The summed E-state index contributed by atoms with van der Waals surface area (Å²) in [6.45, 7) is 2.13. The molecule has 1 aromatic rings. The Morgan fingerprint density at radius 2 is 2.33 bits per heavy atom. The molecule has 1 N–H and O–H groups in total. The van der Waals surface area contributed by atoms with Gasteiger partial charge in [-0.3, -0.25) is 4.79 Å². The fourth-order valence-electron chi connectivity index (χ4n) is 0.890. The van der Waals surface area contributed by atoms with Gasteiger partial charge in [0.05, 0.1) is 13.7 Å². The van der Waals surface area contributed by atoms with Crippen molar-refractivity contribution in [2.45, 2.75) is 19.9 Å². The molecule has 0 aliphatic carbocycles. The number of nitrogens with zero attached hydrogens (tertiary/aromatic N) is 1. The quantitative estimate of drug-likeness (QED) is 0.779. The summed E-state index contributed by atoms with van der Waals surface area (Å²) in [5.74, 6) is -0.496. The lowest BCUT2D eigenvalue weighted by Crippen LogP contribution is -2.21. The molecule has 0 unspecified atom stereocenters. The molecule has 0 bridgehead atoms. The largest absolute Gasteiger partial charge is 0.464 e. The molecule has 0 saturated carbocycles. The third-order valence-corrected chi connectivity index (χ3v) is 2.55. The van der Waals surface area contributed by atoms with E-state index >= 15 is 0 Å². The highest BCUT2D eigenvalue weighted by molar-refractivity contribution is 7.09. The van der Waals surface area contributed by atoms with Crippen molar-refractivity contribution in [1.82, 2.24) is 10.3 Å². The van der Waals surface area contributed by atoms with Crippen LogP contribution in [0, 0.1) is 0 Å². The first-order valence-corrected chi connectivity index (χ1v) is 5.34. The van der Waals surface area contributed by atoms with Crippen LogP contribution in [0.5, 0.6) is 0 Å². The molecule has 0 radical (unpaired) electrons. The first kappa shape index (κ1) is 11.6. The smallest absolute Gasteiger partial charge is 0.357 e. The Morgan fingerprint density at radius 1 is 1.60 bits per heavy atom. The number of aromatic nitrogens is 1. The summed E-state index contributed by atoms with van der Waals surface area (Å²) in [7, 11) is 1.31. The molecule has 5 nitrogen and oxygen atoms in total. The highest BCUT2D eigenvalue weighted by atomic mass is 32.1. The topological polar surface area (TPSA) is 68.3 Å². The molecular weight excluding hydrogens is 216 g/mol. The van der Waals surface area contributed by atoms with Crippen molar-refractivity contribution in [3.05, 3.63) is 16.1 Å². The molecule has 1 aromatic heterocycles. The van der Waals surface area contributed by atoms with E-state index < -0.39 is 5.97 Å². The number of hydrogen-bond acceptors (Lipinski definition) is 5. The molecule has 0 fully saturated rings. The van der Waals surface area contributed by atoms with Crippen LogP contribution in [0.2, 0.25) is 0 Å². The van der Waals surface area contributed by atoms with Crippen LogP contribution in [-0.2, 0) is 16.1 Å². The van der Waals surface area contributed by atoms with Crippen LogP contribution in [0.4, 0.5) is 0 Å². The van der Waals surface area contributed by atoms with E-state index in [9.17, 15) is 9.59 Å². The summed E-state index contributed by atoms with van der Waals surface area (Å²) in [6.07, 6.45) is 0.440. The molecule has 1 heterocycles. The Kier molecular flexibility index (Phi) is 4.23. The van der Waals surface area contributed by atoms with E-state index in [1.165, 1.54) is 18.4 Å². The molecule has 0 saturated heterocycles. The van der Waals surface area contributed by atoms with E-state index in [1.54, 1.807) is 12.3 Å². The summed E-state index contributed by atoms with van der Waals surface area (Å²) in [6, 6.07) is 0. The number of amides is 1. The number of rotatable bonds is 4. The highest BCUT2D eigenvalue weighted by Gasteiger charge is 2.10. The normalized spacial score (nSPS) is 9.73. The molecular formula is C9H12N2O3S. The van der Waals surface area contributed by atoms with Crippen LogP contribution in [-0.4, -0.2) is 24.0 Å². The molecule has 0 atom stereocenters. The van der Waals surface area contributed by atoms with Crippen molar-refractivity contribution < 1.29 is 14.3 Å². The minimum Gasteiger partial charge on any atom is -0.464 e. The molecule has 6 heteroatoms. The van der Waals surface area contributed by atoms with Gasteiger partial charge in [-0.05, 0) is 0 Å². The highest BCUT2D eigenvalue weighted by Crippen LogP contribution is 2.10. The van der Waals surface area contributed by atoms with E-state index in [0.29, 0.717) is 18.0 Å². The third-order valence-electron chi connectivity index (χ3n) is 1.70. The number of thiazole rings is 1. The van der Waals surface area contributed by atoms with E-state index in [-0.39, 0.29) is 11.6 Å². The van der Waals surface area contributed by atoms with Crippen LogP contribution < -0.4 is 5.32 Å². The predicted molar refractivity (Wildman–Crippen MR) is 55.6 cm³/mol. The van der Waals surface area contributed by atoms with Gasteiger partial charge in [0.15, 0.2) is 5.69 Å². The van der Waals surface area contributed by atoms with Gasteiger partial charge in [-0.25, -0.2) is 9.78 Å². The lowest BCUT2D eigenvalue weighted by atomic mass is 10.4. The zero-order valence-corrected chi connectivity index (χ0v) is 9.39. The van der Waals surface area contributed by atoms with Crippen molar-refractivity contribution in [3.8, 4) is 0 Å². The van der Waals surface area contributed by atoms with Crippen molar-refractivity contribution in [1.29, 1.82) is 0 Å². The summed E-state index contributed by atoms with van der Waals surface area (Å²) >= 11 is 1.32. The van der Waals surface area contributed by atoms with Crippen LogP contribution >= 0.6 is 11.3 Å². The van der Waals surface area contributed by atoms with Crippen LogP contribution in [0.1, 0.15) is 28.8 Å². The fourth-order valence-corrected chi connectivity index (χ4v) is 1.59. The Hall–Kier alpha value is -1.43. The molecule has 0 aromatic carbocycles. The lowest BCUT2D eigenvalue weighted by molar-refractivity contribution is -0.120. The van der Waals surface area contributed by atoms with E-state index in [2.05, 4.69) is 15.0 Å². The zero-order valence-electron chi connectivity index (χ0n) is 8.57. The minimum atomic E-state index is -0.459. The zero-order chi connectivity index (χ0) is 11.3. The van der Waals surface area contributed by atoms with Gasteiger partial charge in [0.25, 0.3) is 0 Å². The average Bonchev–Trinajstić information content (AvgIpc) is 2.73. The van der Waals surface area contributed by atoms with Crippen LogP contribution in [0.3, 0.4) is 0 Å². The number of ether oxygens (including phenoxy) is 1. The SMILES string of the molecule is CCC(=O)NCc1nc(C(=O)OC)cs1. The molecule has 1 amide bonds. The monoisotopic (exact) mass is 228 g/mol. The number of nitrogens with one attached hydrogen (secondary N) is 1. The molecule has 0 aliphatic rings. The van der Waals surface area contributed by atoms with Gasteiger partial charge >= 0.3 is 5.97 Å². The summed E-state index contributed by atoms with van der Waals surface area (Å²) < 4.78 is 4.51. The van der Waals surface area contributed by atoms with E-state index in [0.717, 1.165) is 0 Å². The number of carbonyl (C=O) groups excluding carboxylic acids is 2. The Labute approximate surface area is 91.5 Å². The minimum absolute atomic E-state index is 0.0372. The van der Waals surface area contributed by atoms with Gasteiger partial charge in [-0.1, -0.05) is 6.92 Å². The van der Waals surface area contributed by atoms with Gasteiger partial charge < -0.3 is 10.1 Å². The second-order valence-electron chi connectivity index (χ2n) is 2.75. The van der Waals surface area contributed by atoms with Crippen molar-refractivity contribution in [3.63, 3.8) is 0 Å². The van der Waals surface area contributed by atoms with E-state index in [4.69, 9.17) is 0 Å². The second-order valence-corrected chi connectivity index (χ2v) is 3.69. The maximum Gasteiger partial charge on any atom is 0.357 e. The van der Waals surface area contributed by atoms with Crippen LogP contribution in [0.15, 0.2) is 5.38 Å². The van der Waals surface area contributed by atoms with E-state index in [1.807, 2.05) is 0 Å². The van der Waals surface area contributed by atoms with Crippen molar-refractivity contribution in [2.24, 2.45) is 0 Å². The maximum absolute atomic E-state index is 11.1. The first-order chi connectivity index (χ1) is 7.17. The van der Waals surface area contributed by atoms with Crippen molar-refractivity contribution >= 4 is 23.2 Å². The van der Waals surface area contributed by atoms with Gasteiger partial charge in [0.2, 0.25) is 5.91 Å². The number of carbonyl (C=O) groups is 2. The maximum atomic E-state index is 11.1.